The highest BCUT2D eigenvalue weighted by atomic mass is 16.5. The maximum Gasteiger partial charge on any atom is 0.295 e. The van der Waals surface area contributed by atoms with E-state index < -0.39 is 17.7 Å². The molecule has 6 nitrogen and oxygen atoms in total. The minimum Gasteiger partial charge on any atom is -0.507 e. The van der Waals surface area contributed by atoms with Crippen molar-refractivity contribution < 1.29 is 19.4 Å². The van der Waals surface area contributed by atoms with Gasteiger partial charge >= 0.3 is 0 Å². The average Bonchev–Trinajstić information content (AvgIpc) is 2.98. The van der Waals surface area contributed by atoms with E-state index in [1.165, 1.54) is 0 Å². The third-order valence-corrected chi connectivity index (χ3v) is 5.35. The zero-order valence-corrected chi connectivity index (χ0v) is 17.9. The molecular formula is C24H28N2O4. The molecule has 1 heterocycles. The molecule has 1 atom stereocenters. The van der Waals surface area contributed by atoms with Crippen molar-refractivity contribution in [2.45, 2.75) is 19.4 Å². The average molecular weight is 408 g/mol. The van der Waals surface area contributed by atoms with Crippen molar-refractivity contribution in [3.63, 3.8) is 0 Å². The Hall–Kier alpha value is -3.12. The van der Waals surface area contributed by atoms with Crippen LogP contribution in [0.2, 0.25) is 0 Å². The molecule has 0 aromatic heterocycles. The van der Waals surface area contributed by atoms with Gasteiger partial charge in [-0.3, -0.25) is 9.59 Å². The molecule has 1 N–H and O–H groups in total. The first-order valence-corrected chi connectivity index (χ1v) is 9.98. The Morgan fingerprint density at radius 3 is 2.43 bits per heavy atom. The van der Waals surface area contributed by atoms with Gasteiger partial charge in [-0.05, 0) is 63.3 Å². The molecule has 1 aliphatic heterocycles. The van der Waals surface area contributed by atoms with Gasteiger partial charge in [0, 0.05) is 12.1 Å². The number of hydrogen-bond donors (Lipinski definition) is 1. The number of carbonyl (C=O) groups is 2. The van der Waals surface area contributed by atoms with Crippen LogP contribution >= 0.6 is 0 Å². The van der Waals surface area contributed by atoms with Crippen molar-refractivity contribution >= 4 is 17.4 Å². The van der Waals surface area contributed by atoms with Crippen molar-refractivity contribution in [3.05, 3.63) is 70.8 Å². The number of rotatable bonds is 7. The Morgan fingerprint density at radius 2 is 1.83 bits per heavy atom. The maximum absolute atomic E-state index is 13.0. The number of ether oxygens (including phenoxy) is 1. The highest BCUT2D eigenvalue weighted by molar-refractivity contribution is 6.46. The summed E-state index contributed by atoms with van der Waals surface area (Å²) in [5.41, 5.74) is 2.21. The third kappa shape index (κ3) is 4.24. The lowest BCUT2D eigenvalue weighted by Crippen LogP contribution is -2.32. The molecular weight excluding hydrogens is 380 g/mol. The Bertz CT molecular complexity index is 966. The first-order chi connectivity index (χ1) is 14.3. The molecule has 1 amide bonds. The summed E-state index contributed by atoms with van der Waals surface area (Å²) in [6.45, 7) is 3.06. The number of aliphatic hydroxyl groups is 1. The molecule has 2 aromatic carbocycles. The van der Waals surface area contributed by atoms with Crippen LogP contribution in [0.5, 0.6) is 5.75 Å². The van der Waals surface area contributed by atoms with E-state index in [1.807, 2.05) is 56.3 Å². The summed E-state index contributed by atoms with van der Waals surface area (Å²) in [6.07, 6.45) is 0.727. The van der Waals surface area contributed by atoms with Crippen molar-refractivity contribution in [3.8, 4) is 5.75 Å². The summed E-state index contributed by atoms with van der Waals surface area (Å²) in [5, 5.41) is 11.1. The Morgan fingerprint density at radius 1 is 1.13 bits per heavy atom. The normalized spacial score (nSPS) is 18.3. The fourth-order valence-corrected chi connectivity index (χ4v) is 3.82. The van der Waals surface area contributed by atoms with Crippen LogP contribution in [-0.4, -0.2) is 60.9 Å². The van der Waals surface area contributed by atoms with Gasteiger partial charge in [0.15, 0.2) is 0 Å². The molecule has 0 radical (unpaired) electrons. The lowest BCUT2D eigenvalue weighted by molar-refractivity contribution is -0.139. The number of methoxy groups -OCH3 is 1. The molecule has 1 fully saturated rings. The molecule has 1 unspecified atom stereocenters. The molecule has 0 spiro atoms. The fourth-order valence-electron chi connectivity index (χ4n) is 3.82. The largest absolute Gasteiger partial charge is 0.507 e. The van der Waals surface area contributed by atoms with E-state index >= 15 is 0 Å². The lowest BCUT2D eigenvalue weighted by Gasteiger charge is -2.26. The smallest absolute Gasteiger partial charge is 0.295 e. The fraction of sp³-hybridized carbons (Fsp3) is 0.333. The summed E-state index contributed by atoms with van der Waals surface area (Å²) in [5.74, 6) is -0.720. The monoisotopic (exact) mass is 408 g/mol. The Kier molecular flexibility index (Phi) is 6.57. The molecule has 2 aromatic rings. The van der Waals surface area contributed by atoms with Crippen LogP contribution in [0.15, 0.2) is 54.1 Å². The van der Waals surface area contributed by atoms with E-state index in [9.17, 15) is 14.7 Å². The number of benzene rings is 2. The number of likely N-dealkylation sites (tertiary alicyclic amines) is 1. The zero-order valence-electron chi connectivity index (χ0n) is 17.9. The van der Waals surface area contributed by atoms with Gasteiger partial charge in [-0.15, -0.1) is 0 Å². The second kappa shape index (κ2) is 9.13. The number of Topliss-reactive ketones (excluding diaryl/α,β-unsaturated/α-hetero) is 1. The van der Waals surface area contributed by atoms with Gasteiger partial charge in [0.25, 0.3) is 11.7 Å². The van der Waals surface area contributed by atoms with Crippen LogP contribution in [0.25, 0.3) is 5.76 Å². The highest BCUT2D eigenvalue weighted by Crippen LogP contribution is 2.40. The summed E-state index contributed by atoms with van der Waals surface area (Å²) in [7, 11) is 5.51. The van der Waals surface area contributed by atoms with Gasteiger partial charge in [-0.2, -0.15) is 0 Å². The van der Waals surface area contributed by atoms with E-state index in [1.54, 1.807) is 30.2 Å². The number of amides is 1. The predicted octanol–water partition coefficient (Wildman–Crippen LogP) is 3.38. The molecule has 158 valence electrons. The first-order valence-electron chi connectivity index (χ1n) is 9.98. The van der Waals surface area contributed by atoms with Crippen LogP contribution in [0.4, 0.5) is 0 Å². The van der Waals surface area contributed by atoms with Crippen LogP contribution in [0.1, 0.15) is 29.2 Å². The number of hydrogen-bond acceptors (Lipinski definition) is 5. The third-order valence-electron chi connectivity index (χ3n) is 5.35. The van der Waals surface area contributed by atoms with Gasteiger partial charge in [-0.25, -0.2) is 0 Å². The Labute approximate surface area is 177 Å². The molecule has 1 saturated heterocycles. The number of aliphatic hydroxyl groups excluding tert-OH is 1. The molecule has 30 heavy (non-hydrogen) atoms. The van der Waals surface area contributed by atoms with Crippen molar-refractivity contribution in [1.82, 2.24) is 9.80 Å². The summed E-state index contributed by atoms with van der Waals surface area (Å²) in [6, 6.07) is 14.0. The number of ketones is 1. The quantitative estimate of drug-likeness (QED) is 0.432. The van der Waals surface area contributed by atoms with Gasteiger partial charge in [-0.1, -0.05) is 30.3 Å². The van der Waals surface area contributed by atoms with E-state index in [-0.39, 0.29) is 11.3 Å². The van der Waals surface area contributed by atoms with E-state index in [2.05, 4.69) is 0 Å². The summed E-state index contributed by atoms with van der Waals surface area (Å²) < 4.78 is 5.23. The zero-order chi connectivity index (χ0) is 21.8. The molecule has 3 rings (SSSR count). The van der Waals surface area contributed by atoms with Crippen molar-refractivity contribution in [2.75, 3.05) is 34.3 Å². The summed E-state index contributed by atoms with van der Waals surface area (Å²) in [4.78, 5) is 29.5. The predicted molar refractivity (Wildman–Crippen MR) is 116 cm³/mol. The van der Waals surface area contributed by atoms with Gasteiger partial charge in [0.1, 0.15) is 11.5 Å². The van der Waals surface area contributed by atoms with E-state index in [4.69, 9.17) is 4.74 Å². The topological polar surface area (TPSA) is 70.1 Å². The van der Waals surface area contributed by atoms with E-state index in [0.29, 0.717) is 17.9 Å². The van der Waals surface area contributed by atoms with Crippen LogP contribution in [0, 0.1) is 6.92 Å². The molecule has 0 aliphatic carbocycles. The van der Waals surface area contributed by atoms with Crippen LogP contribution < -0.4 is 4.74 Å². The summed E-state index contributed by atoms with van der Waals surface area (Å²) >= 11 is 0. The molecule has 0 bridgehead atoms. The van der Waals surface area contributed by atoms with Gasteiger partial charge < -0.3 is 19.6 Å². The number of aryl methyl sites for hydroxylation is 1. The molecule has 6 heteroatoms. The minimum absolute atomic E-state index is 0.129. The first kappa shape index (κ1) is 21.6. The SMILES string of the molecule is COc1ccc(C(O)=C2C(=O)C(=O)N(CCCN(C)C)C2c2ccccc2)c(C)c1. The van der Waals surface area contributed by atoms with Gasteiger partial charge in [0.05, 0.1) is 18.7 Å². The maximum atomic E-state index is 13.0. The number of carbonyl (C=O) groups excluding carboxylic acids is 2. The second-order valence-electron chi connectivity index (χ2n) is 7.74. The molecule has 1 aliphatic rings. The second-order valence-corrected chi connectivity index (χ2v) is 7.74. The number of nitrogens with zero attached hydrogens (tertiary/aromatic N) is 2. The lowest BCUT2D eigenvalue weighted by atomic mass is 9.94. The van der Waals surface area contributed by atoms with E-state index in [0.717, 1.165) is 24.1 Å². The standard InChI is InChI=1S/C24H28N2O4/c1-16-15-18(30-4)11-12-19(16)22(27)20-21(17-9-6-5-7-10-17)26(24(29)23(20)28)14-8-13-25(2)3/h5-7,9-12,15,21,27H,8,13-14H2,1-4H3. The minimum atomic E-state index is -0.651. The van der Waals surface area contributed by atoms with Gasteiger partial charge in [0.2, 0.25) is 0 Å². The van der Waals surface area contributed by atoms with Crippen LogP contribution in [-0.2, 0) is 9.59 Å². The highest BCUT2D eigenvalue weighted by Gasteiger charge is 2.45. The Balaban J connectivity index is 2.09. The van der Waals surface area contributed by atoms with Crippen molar-refractivity contribution in [2.24, 2.45) is 0 Å². The van der Waals surface area contributed by atoms with Crippen molar-refractivity contribution in [1.29, 1.82) is 0 Å². The van der Waals surface area contributed by atoms with Crippen LogP contribution in [0.3, 0.4) is 0 Å². The molecule has 0 saturated carbocycles.